The minimum Gasteiger partial charge on any atom is -0.343 e. The lowest BCUT2D eigenvalue weighted by Gasteiger charge is -2.37. The van der Waals surface area contributed by atoms with Crippen LogP contribution in [0.25, 0.3) is 0 Å². The number of rotatable bonds is 5. The summed E-state index contributed by atoms with van der Waals surface area (Å²) in [4.78, 5) is 13.4. The van der Waals surface area contributed by atoms with Crippen LogP contribution in [0.15, 0.2) is 42.7 Å². The van der Waals surface area contributed by atoms with Gasteiger partial charge in [-0.1, -0.05) is 37.3 Å². The molecule has 0 aliphatic carbocycles. The van der Waals surface area contributed by atoms with Gasteiger partial charge in [0.1, 0.15) is 0 Å². The summed E-state index contributed by atoms with van der Waals surface area (Å²) in [7, 11) is 0. The highest BCUT2D eigenvalue weighted by Crippen LogP contribution is 2.17. The van der Waals surface area contributed by atoms with Crippen molar-refractivity contribution in [3.05, 3.63) is 53.9 Å². The van der Waals surface area contributed by atoms with Crippen molar-refractivity contribution in [2.45, 2.75) is 39.4 Å². The van der Waals surface area contributed by atoms with Crippen molar-refractivity contribution >= 4 is 5.91 Å². The SMILES string of the molecule is CC(=O)N1CC[C@H](NCc2cnn(Cc3ccccc3)c2)[C@@H](C)C1. The molecule has 1 fully saturated rings. The van der Waals surface area contributed by atoms with Gasteiger partial charge in [0.25, 0.3) is 0 Å². The number of benzene rings is 1. The van der Waals surface area contributed by atoms with Crippen LogP contribution in [0.5, 0.6) is 0 Å². The Morgan fingerprint density at radius 1 is 1.29 bits per heavy atom. The molecule has 1 amide bonds. The molecule has 0 saturated carbocycles. The number of piperidine rings is 1. The highest BCUT2D eigenvalue weighted by molar-refractivity contribution is 5.73. The van der Waals surface area contributed by atoms with E-state index in [0.29, 0.717) is 12.0 Å². The van der Waals surface area contributed by atoms with Gasteiger partial charge in [-0.25, -0.2) is 0 Å². The topological polar surface area (TPSA) is 50.2 Å². The molecule has 3 rings (SSSR count). The standard InChI is InChI=1S/C19H26N4O/c1-15-12-22(16(2)24)9-8-19(15)20-10-18-11-21-23(14-18)13-17-6-4-3-5-7-17/h3-7,11,14-15,19-20H,8-10,12-13H2,1-2H3/t15-,19-/m0/s1. The van der Waals surface area contributed by atoms with E-state index in [-0.39, 0.29) is 5.91 Å². The molecular formula is C19H26N4O. The van der Waals surface area contributed by atoms with E-state index in [1.54, 1.807) is 6.92 Å². The number of aromatic nitrogens is 2. The van der Waals surface area contributed by atoms with Gasteiger partial charge >= 0.3 is 0 Å². The minimum absolute atomic E-state index is 0.183. The summed E-state index contributed by atoms with van der Waals surface area (Å²) in [5, 5.41) is 8.09. The molecule has 1 saturated heterocycles. The third-order valence-corrected chi connectivity index (χ3v) is 4.79. The lowest BCUT2D eigenvalue weighted by Crippen LogP contribution is -2.49. The average molecular weight is 326 g/mol. The van der Waals surface area contributed by atoms with E-state index in [0.717, 1.165) is 32.6 Å². The number of likely N-dealkylation sites (tertiary alicyclic amines) is 1. The van der Waals surface area contributed by atoms with Crippen LogP contribution in [0.4, 0.5) is 0 Å². The predicted octanol–water partition coefficient (Wildman–Crippen LogP) is 2.28. The van der Waals surface area contributed by atoms with Gasteiger partial charge in [-0.15, -0.1) is 0 Å². The fourth-order valence-corrected chi connectivity index (χ4v) is 3.34. The molecular weight excluding hydrogens is 300 g/mol. The molecule has 1 N–H and O–H groups in total. The lowest BCUT2D eigenvalue weighted by atomic mass is 9.93. The maximum absolute atomic E-state index is 11.5. The summed E-state index contributed by atoms with van der Waals surface area (Å²) in [5.74, 6) is 0.657. The Labute approximate surface area is 143 Å². The summed E-state index contributed by atoms with van der Waals surface area (Å²) in [6.07, 6.45) is 5.06. The Hall–Kier alpha value is -2.14. The zero-order chi connectivity index (χ0) is 16.9. The smallest absolute Gasteiger partial charge is 0.219 e. The molecule has 128 valence electrons. The Balaban J connectivity index is 1.50. The van der Waals surface area contributed by atoms with Crippen LogP contribution in [0, 0.1) is 5.92 Å². The first-order chi connectivity index (χ1) is 11.6. The van der Waals surface area contributed by atoms with Crippen LogP contribution in [-0.4, -0.2) is 39.7 Å². The van der Waals surface area contributed by atoms with Gasteiger partial charge in [-0.3, -0.25) is 9.48 Å². The van der Waals surface area contributed by atoms with Crippen LogP contribution in [0.1, 0.15) is 31.4 Å². The molecule has 2 atom stereocenters. The van der Waals surface area contributed by atoms with Crippen molar-refractivity contribution in [1.82, 2.24) is 20.0 Å². The molecule has 0 unspecified atom stereocenters. The lowest BCUT2D eigenvalue weighted by molar-refractivity contribution is -0.130. The van der Waals surface area contributed by atoms with Crippen molar-refractivity contribution in [2.24, 2.45) is 5.92 Å². The number of hydrogen-bond acceptors (Lipinski definition) is 3. The molecule has 1 aromatic heterocycles. The molecule has 5 heteroatoms. The van der Waals surface area contributed by atoms with Crippen LogP contribution in [0.2, 0.25) is 0 Å². The van der Waals surface area contributed by atoms with Crippen molar-refractivity contribution in [3.8, 4) is 0 Å². The van der Waals surface area contributed by atoms with Crippen molar-refractivity contribution in [1.29, 1.82) is 0 Å². The highest BCUT2D eigenvalue weighted by atomic mass is 16.2. The normalized spacial score (nSPS) is 21.0. The molecule has 24 heavy (non-hydrogen) atoms. The zero-order valence-electron chi connectivity index (χ0n) is 14.5. The molecule has 2 heterocycles. The summed E-state index contributed by atoms with van der Waals surface area (Å²) in [6, 6.07) is 10.8. The van der Waals surface area contributed by atoms with E-state index in [1.165, 1.54) is 11.1 Å². The van der Waals surface area contributed by atoms with Gasteiger partial charge in [-0.05, 0) is 17.9 Å². The quantitative estimate of drug-likeness (QED) is 0.917. The Morgan fingerprint density at radius 2 is 2.08 bits per heavy atom. The fraction of sp³-hybridized carbons (Fsp3) is 0.474. The van der Waals surface area contributed by atoms with E-state index in [9.17, 15) is 4.79 Å². The maximum atomic E-state index is 11.5. The second-order valence-electron chi connectivity index (χ2n) is 6.75. The van der Waals surface area contributed by atoms with Gasteiger partial charge in [0.15, 0.2) is 0 Å². The first-order valence-corrected chi connectivity index (χ1v) is 8.66. The Morgan fingerprint density at radius 3 is 2.79 bits per heavy atom. The largest absolute Gasteiger partial charge is 0.343 e. The van der Waals surface area contributed by atoms with Crippen molar-refractivity contribution < 1.29 is 4.79 Å². The van der Waals surface area contributed by atoms with E-state index >= 15 is 0 Å². The van der Waals surface area contributed by atoms with E-state index in [1.807, 2.05) is 21.8 Å². The zero-order valence-corrected chi connectivity index (χ0v) is 14.5. The summed E-state index contributed by atoms with van der Waals surface area (Å²) in [5.41, 5.74) is 2.46. The Bertz CT molecular complexity index is 667. The summed E-state index contributed by atoms with van der Waals surface area (Å²) < 4.78 is 1.98. The van der Waals surface area contributed by atoms with Gasteiger partial charge in [0, 0.05) is 44.4 Å². The number of carbonyl (C=O) groups is 1. The second-order valence-corrected chi connectivity index (χ2v) is 6.75. The number of hydrogen-bond donors (Lipinski definition) is 1. The average Bonchev–Trinajstić information content (AvgIpc) is 3.02. The van der Waals surface area contributed by atoms with Crippen LogP contribution < -0.4 is 5.32 Å². The third kappa shape index (κ3) is 4.23. The first kappa shape index (κ1) is 16.7. The van der Waals surface area contributed by atoms with Gasteiger partial charge < -0.3 is 10.2 Å². The number of nitrogens with one attached hydrogen (secondary N) is 1. The minimum atomic E-state index is 0.183. The van der Waals surface area contributed by atoms with Gasteiger partial charge in [-0.2, -0.15) is 5.10 Å². The van der Waals surface area contributed by atoms with Crippen molar-refractivity contribution in [3.63, 3.8) is 0 Å². The van der Waals surface area contributed by atoms with E-state index in [4.69, 9.17) is 0 Å². The van der Waals surface area contributed by atoms with Crippen molar-refractivity contribution in [2.75, 3.05) is 13.1 Å². The molecule has 0 bridgehead atoms. The second kappa shape index (κ2) is 7.62. The molecule has 0 radical (unpaired) electrons. The summed E-state index contributed by atoms with van der Waals surface area (Å²) in [6.45, 7) is 7.19. The number of carbonyl (C=O) groups excluding carboxylic acids is 1. The molecule has 2 aromatic rings. The maximum Gasteiger partial charge on any atom is 0.219 e. The van der Waals surface area contributed by atoms with Crippen LogP contribution in [-0.2, 0) is 17.9 Å². The van der Waals surface area contributed by atoms with Crippen LogP contribution in [0.3, 0.4) is 0 Å². The monoisotopic (exact) mass is 326 g/mol. The predicted molar refractivity (Wildman–Crippen MR) is 94.4 cm³/mol. The highest BCUT2D eigenvalue weighted by Gasteiger charge is 2.26. The van der Waals surface area contributed by atoms with E-state index in [2.05, 4.69) is 47.8 Å². The summed E-state index contributed by atoms with van der Waals surface area (Å²) >= 11 is 0. The van der Waals surface area contributed by atoms with Gasteiger partial charge in [0.05, 0.1) is 12.7 Å². The molecule has 1 aromatic carbocycles. The Kier molecular flexibility index (Phi) is 5.30. The number of amides is 1. The number of nitrogens with zero attached hydrogens (tertiary/aromatic N) is 3. The molecule has 1 aliphatic heterocycles. The van der Waals surface area contributed by atoms with E-state index < -0.39 is 0 Å². The first-order valence-electron chi connectivity index (χ1n) is 8.66. The fourth-order valence-electron chi connectivity index (χ4n) is 3.34. The van der Waals surface area contributed by atoms with Crippen LogP contribution >= 0.6 is 0 Å². The van der Waals surface area contributed by atoms with Gasteiger partial charge in [0.2, 0.25) is 5.91 Å². The molecule has 0 spiro atoms. The third-order valence-electron chi connectivity index (χ3n) is 4.79. The molecule has 1 aliphatic rings. The molecule has 5 nitrogen and oxygen atoms in total.